The number of aromatic nitrogens is 3. The molecular formula is C22H31N5O2. The molecular weight excluding hydrogens is 366 g/mol. The summed E-state index contributed by atoms with van der Waals surface area (Å²) in [6.07, 6.45) is 8.71. The lowest BCUT2D eigenvalue weighted by atomic mass is 10.0. The van der Waals surface area contributed by atoms with Gasteiger partial charge in [0.2, 0.25) is 5.95 Å². The van der Waals surface area contributed by atoms with Crippen molar-refractivity contribution in [3.05, 3.63) is 28.2 Å². The third kappa shape index (κ3) is 3.66. The van der Waals surface area contributed by atoms with Crippen LogP contribution < -0.4 is 10.5 Å². The van der Waals surface area contributed by atoms with Gasteiger partial charge in [-0.3, -0.25) is 14.3 Å². The van der Waals surface area contributed by atoms with Gasteiger partial charge in [0.1, 0.15) is 5.65 Å². The van der Waals surface area contributed by atoms with Crippen LogP contribution in [0.2, 0.25) is 0 Å². The van der Waals surface area contributed by atoms with E-state index in [0.29, 0.717) is 6.04 Å². The number of aryl methyl sites for hydroxylation is 1. The lowest BCUT2D eigenvalue weighted by molar-refractivity contribution is 0.0114. The third-order valence-corrected chi connectivity index (χ3v) is 6.99. The van der Waals surface area contributed by atoms with Gasteiger partial charge in [0.05, 0.1) is 13.2 Å². The van der Waals surface area contributed by atoms with E-state index in [9.17, 15) is 4.79 Å². The molecule has 0 bridgehead atoms. The summed E-state index contributed by atoms with van der Waals surface area (Å²) in [5.41, 5.74) is 1.87. The minimum atomic E-state index is 0.0811. The van der Waals surface area contributed by atoms with Crippen LogP contribution in [0.25, 0.3) is 11.0 Å². The number of anilines is 1. The third-order valence-electron chi connectivity index (χ3n) is 6.99. The van der Waals surface area contributed by atoms with Crippen molar-refractivity contribution in [2.75, 3.05) is 44.3 Å². The highest BCUT2D eigenvalue weighted by Gasteiger charge is 2.28. The first kappa shape index (κ1) is 19.0. The highest BCUT2D eigenvalue weighted by atomic mass is 16.5. The van der Waals surface area contributed by atoms with E-state index in [0.717, 1.165) is 87.6 Å². The van der Waals surface area contributed by atoms with Crippen LogP contribution in [0.3, 0.4) is 0 Å². The van der Waals surface area contributed by atoms with Crippen LogP contribution in [0.15, 0.2) is 17.1 Å². The van der Waals surface area contributed by atoms with E-state index < -0.39 is 0 Å². The van der Waals surface area contributed by atoms with Crippen LogP contribution in [0.4, 0.5) is 5.95 Å². The Labute approximate surface area is 171 Å². The standard InChI is InChI=1S/C22H31N5O2/c1-16-14-20(28)27(18-4-2-3-5-18)21-19(16)15-23-22(24-21)26-8-6-17(7-9-26)25-10-12-29-13-11-25/h14-15,17-18H,2-13H2,1H3. The van der Waals surface area contributed by atoms with Gasteiger partial charge in [0.15, 0.2) is 0 Å². The van der Waals surface area contributed by atoms with Crippen LogP contribution in [-0.4, -0.2) is 64.9 Å². The van der Waals surface area contributed by atoms with Crippen molar-refractivity contribution in [3.8, 4) is 0 Å². The predicted molar refractivity (Wildman–Crippen MR) is 114 cm³/mol. The van der Waals surface area contributed by atoms with Crippen LogP contribution in [0.5, 0.6) is 0 Å². The van der Waals surface area contributed by atoms with Gasteiger partial charge >= 0.3 is 0 Å². The molecule has 3 fully saturated rings. The van der Waals surface area contributed by atoms with Gasteiger partial charge in [-0.15, -0.1) is 0 Å². The van der Waals surface area contributed by atoms with Crippen molar-refractivity contribution in [2.24, 2.45) is 0 Å². The minimum absolute atomic E-state index is 0.0811. The lowest BCUT2D eigenvalue weighted by Crippen LogP contribution is -2.49. The van der Waals surface area contributed by atoms with E-state index in [1.54, 1.807) is 6.07 Å². The molecule has 7 nitrogen and oxygen atoms in total. The Morgan fingerprint density at radius 3 is 2.45 bits per heavy atom. The molecule has 0 aromatic carbocycles. The van der Waals surface area contributed by atoms with Gasteiger partial charge in [-0.25, -0.2) is 4.98 Å². The Kier molecular flexibility index (Phi) is 5.26. The fraction of sp³-hybridized carbons (Fsp3) is 0.682. The van der Waals surface area contributed by atoms with Gasteiger partial charge in [-0.2, -0.15) is 4.98 Å². The molecule has 0 amide bonds. The molecule has 3 aliphatic rings. The maximum atomic E-state index is 12.8. The second-order valence-electron chi connectivity index (χ2n) is 8.75. The summed E-state index contributed by atoms with van der Waals surface area (Å²) in [6.45, 7) is 7.71. The quantitative estimate of drug-likeness (QED) is 0.793. The number of piperidine rings is 1. The Bertz CT molecular complexity index is 923. The summed E-state index contributed by atoms with van der Waals surface area (Å²) in [5, 5.41) is 1.00. The summed E-state index contributed by atoms with van der Waals surface area (Å²) < 4.78 is 7.44. The SMILES string of the molecule is Cc1cc(=O)n(C2CCCC2)c2nc(N3CCC(N4CCOCC4)CC3)ncc12. The summed E-state index contributed by atoms with van der Waals surface area (Å²) in [4.78, 5) is 27.3. The first-order chi connectivity index (χ1) is 14.2. The molecule has 7 heteroatoms. The largest absolute Gasteiger partial charge is 0.379 e. The molecule has 0 spiro atoms. The van der Waals surface area contributed by atoms with E-state index >= 15 is 0 Å². The molecule has 4 heterocycles. The molecule has 0 radical (unpaired) electrons. The van der Waals surface area contributed by atoms with Crippen LogP contribution in [0, 0.1) is 6.92 Å². The fourth-order valence-corrected chi connectivity index (χ4v) is 5.30. The Morgan fingerprint density at radius 2 is 1.72 bits per heavy atom. The Balaban J connectivity index is 1.41. The number of morpholine rings is 1. The number of rotatable bonds is 3. The zero-order valence-corrected chi connectivity index (χ0v) is 17.3. The summed E-state index contributed by atoms with van der Waals surface area (Å²) >= 11 is 0. The lowest BCUT2D eigenvalue weighted by Gasteiger charge is -2.40. The van der Waals surface area contributed by atoms with Gasteiger partial charge in [-0.05, 0) is 38.2 Å². The van der Waals surface area contributed by atoms with E-state index in [1.807, 2.05) is 17.7 Å². The first-order valence-corrected chi connectivity index (χ1v) is 11.2. The normalized spacial score (nSPS) is 22.6. The van der Waals surface area contributed by atoms with Crippen molar-refractivity contribution in [2.45, 2.75) is 57.5 Å². The maximum absolute atomic E-state index is 12.8. The molecule has 5 rings (SSSR count). The molecule has 2 aromatic heterocycles. The second-order valence-corrected chi connectivity index (χ2v) is 8.75. The molecule has 1 saturated carbocycles. The number of fused-ring (bicyclic) bond motifs is 1. The van der Waals surface area contributed by atoms with E-state index in [2.05, 4.69) is 9.80 Å². The Morgan fingerprint density at radius 1 is 1.00 bits per heavy atom. The summed E-state index contributed by atoms with van der Waals surface area (Å²) in [7, 11) is 0. The predicted octanol–water partition coefficient (Wildman–Crippen LogP) is 2.52. The first-order valence-electron chi connectivity index (χ1n) is 11.2. The molecule has 0 unspecified atom stereocenters. The molecule has 2 aromatic rings. The average molecular weight is 398 g/mol. The maximum Gasteiger partial charge on any atom is 0.252 e. The molecule has 156 valence electrons. The van der Waals surface area contributed by atoms with Crippen molar-refractivity contribution < 1.29 is 4.74 Å². The van der Waals surface area contributed by atoms with Gasteiger partial charge in [-0.1, -0.05) is 12.8 Å². The number of nitrogens with zero attached hydrogens (tertiary/aromatic N) is 5. The van der Waals surface area contributed by atoms with Crippen molar-refractivity contribution >= 4 is 17.0 Å². The zero-order valence-electron chi connectivity index (χ0n) is 17.3. The highest BCUT2D eigenvalue weighted by Crippen LogP contribution is 2.31. The number of pyridine rings is 1. The van der Waals surface area contributed by atoms with Crippen LogP contribution in [-0.2, 0) is 4.74 Å². The van der Waals surface area contributed by atoms with Crippen molar-refractivity contribution in [1.82, 2.24) is 19.4 Å². The molecule has 1 aliphatic carbocycles. The molecule has 0 atom stereocenters. The van der Waals surface area contributed by atoms with Crippen molar-refractivity contribution in [3.63, 3.8) is 0 Å². The Hall–Kier alpha value is -1.99. The minimum Gasteiger partial charge on any atom is -0.379 e. The smallest absolute Gasteiger partial charge is 0.252 e. The second kappa shape index (κ2) is 8.03. The van der Waals surface area contributed by atoms with Crippen molar-refractivity contribution in [1.29, 1.82) is 0 Å². The van der Waals surface area contributed by atoms with Crippen LogP contribution >= 0.6 is 0 Å². The number of hydrogen-bond acceptors (Lipinski definition) is 6. The molecule has 2 saturated heterocycles. The average Bonchev–Trinajstić information content (AvgIpc) is 3.28. The number of hydrogen-bond donors (Lipinski definition) is 0. The fourth-order valence-electron chi connectivity index (χ4n) is 5.30. The van der Waals surface area contributed by atoms with Gasteiger partial charge < -0.3 is 9.64 Å². The van der Waals surface area contributed by atoms with Gasteiger partial charge in [0.25, 0.3) is 5.56 Å². The zero-order chi connectivity index (χ0) is 19.8. The molecule has 2 aliphatic heterocycles. The summed E-state index contributed by atoms with van der Waals surface area (Å²) in [6, 6.07) is 2.66. The summed E-state index contributed by atoms with van der Waals surface area (Å²) in [5.74, 6) is 0.773. The topological polar surface area (TPSA) is 63.5 Å². The van der Waals surface area contributed by atoms with E-state index in [4.69, 9.17) is 14.7 Å². The highest BCUT2D eigenvalue weighted by molar-refractivity contribution is 5.79. The monoisotopic (exact) mass is 397 g/mol. The van der Waals surface area contributed by atoms with E-state index in [1.165, 1.54) is 12.8 Å². The molecule has 29 heavy (non-hydrogen) atoms. The number of ether oxygens (including phenoxy) is 1. The molecule has 0 N–H and O–H groups in total. The van der Waals surface area contributed by atoms with Gasteiger partial charge in [0, 0.05) is 55.9 Å². The van der Waals surface area contributed by atoms with E-state index in [-0.39, 0.29) is 11.6 Å². The van der Waals surface area contributed by atoms with Crippen LogP contribution in [0.1, 0.15) is 50.1 Å².